The van der Waals surface area contributed by atoms with Crippen LogP contribution in [0.25, 0.3) is 0 Å². The number of nitrogens with zero attached hydrogens (tertiary/aromatic N) is 5. The molecule has 0 spiro atoms. The highest BCUT2D eigenvalue weighted by atomic mass is 14.8. The average Bonchev–Trinajstić information content (AvgIpc) is 2.75. The van der Waals surface area contributed by atoms with Gasteiger partial charge in [-0.15, -0.1) is 0 Å². The van der Waals surface area contributed by atoms with E-state index in [-0.39, 0.29) is 0 Å². The van der Waals surface area contributed by atoms with E-state index in [2.05, 4.69) is 73.6 Å². The molecular weight excluding hydrogens is 370 g/mol. The van der Waals surface area contributed by atoms with Crippen molar-refractivity contribution in [3.05, 3.63) is 83.5 Å². The van der Waals surface area contributed by atoms with Crippen LogP contribution < -0.4 is 0 Å². The lowest BCUT2D eigenvalue weighted by atomic mass is 10.1. The van der Waals surface area contributed by atoms with Gasteiger partial charge in [-0.3, -0.25) is 4.98 Å². The molecule has 5 heteroatoms. The number of aryl methyl sites for hydroxylation is 1. The monoisotopic (exact) mass is 403 g/mol. The van der Waals surface area contributed by atoms with E-state index in [4.69, 9.17) is 5.26 Å². The van der Waals surface area contributed by atoms with Gasteiger partial charge in [0.05, 0.1) is 0 Å². The molecule has 3 aromatic heterocycles. The summed E-state index contributed by atoms with van der Waals surface area (Å²) >= 11 is 0. The fourth-order valence-corrected chi connectivity index (χ4v) is 2.33. The minimum atomic E-state index is 0.392. The summed E-state index contributed by atoms with van der Waals surface area (Å²) in [6, 6.07) is 13.7. The number of rotatable bonds is 3. The predicted octanol–water partition coefficient (Wildman–Crippen LogP) is 6.19. The van der Waals surface area contributed by atoms with E-state index in [0.29, 0.717) is 23.4 Å². The first kappa shape index (κ1) is 24.9. The maximum absolute atomic E-state index is 8.53. The fourth-order valence-electron chi connectivity index (χ4n) is 2.33. The van der Waals surface area contributed by atoms with Crippen LogP contribution in [0.3, 0.4) is 0 Å². The SMILES string of the molecule is CC(C)c1cccc(C#N)n1.CC(C)c1cncnc1.Cc1cccc(C(C)C)n1. The van der Waals surface area contributed by atoms with Crippen molar-refractivity contribution in [2.45, 2.75) is 66.2 Å². The van der Waals surface area contributed by atoms with E-state index in [1.54, 1.807) is 12.4 Å². The molecule has 158 valence electrons. The Kier molecular flexibility index (Phi) is 10.9. The Labute approximate surface area is 181 Å². The van der Waals surface area contributed by atoms with Crippen molar-refractivity contribution >= 4 is 0 Å². The highest BCUT2D eigenvalue weighted by Crippen LogP contribution is 2.11. The van der Waals surface area contributed by atoms with Gasteiger partial charge in [-0.2, -0.15) is 5.26 Å². The lowest BCUT2D eigenvalue weighted by Gasteiger charge is -2.03. The number of hydrogen-bond donors (Lipinski definition) is 0. The third-order valence-corrected chi connectivity index (χ3v) is 4.23. The van der Waals surface area contributed by atoms with Gasteiger partial charge in [-0.1, -0.05) is 53.7 Å². The molecular formula is C25H33N5. The summed E-state index contributed by atoms with van der Waals surface area (Å²) in [4.78, 5) is 16.3. The molecule has 0 aliphatic carbocycles. The van der Waals surface area contributed by atoms with E-state index in [0.717, 1.165) is 11.4 Å². The maximum atomic E-state index is 8.53. The van der Waals surface area contributed by atoms with Crippen LogP contribution in [0.2, 0.25) is 0 Å². The average molecular weight is 404 g/mol. The summed E-state index contributed by atoms with van der Waals surface area (Å²) in [5, 5.41) is 8.53. The van der Waals surface area contributed by atoms with Gasteiger partial charge in [0.15, 0.2) is 0 Å². The second-order valence-electron chi connectivity index (χ2n) is 7.90. The Morgan fingerprint density at radius 3 is 1.67 bits per heavy atom. The molecule has 0 amide bonds. The third kappa shape index (κ3) is 9.38. The zero-order chi connectivity index (χ0) is 22.5. The van der Waals surface area contributed by atoms with Crippen LogP contribution in [0.15, 0.2) is 55.1 Å². The summed E-state index contributed by atoms with van der Waals surface area (Å²) in [7, 11) is 0. The van der Waals surface area contributed by atoms with Crippen molar-refractivity contribution < 1.29 is 0 Å². The maximum Gasteiger partial charge on any atom is 0.140 e. The van der Waals surface area contributed by atoms with E-state index in [9.17, 15) is 0 Å². The molecule has 30 heavy (non-hydrogen) atoms. The van der Waals surface area contributed by atoms with Crippen LogP contribution in [-0.2, 0) is 0 Å². The quantitative estimate of drug-likeness (QED) is 0.521. The van der Waals surface area contributed by atoms with Gasteiger partial charge in [0.25, 0.3) is 0 Å². The highest BCUT2D eigenvalue weighted by Gasteiger charge is 2.00. The lowest BCUT2D eigenvalue weighted by Crippen LogP contribution is -1.93. The standard InChI is InChI=1S/C9H10N2.C9H13N.C7H10N2/c1-7(2)9-5-3-4-8(6-10)11-9;1-7(2)9-6-4-5-8(3)10-9;1-6(2)7-3-8-5-9-4-7/h3-5,7H,1-2H3;4-7H,1-3H3;3-6H,1-2H3. The molecule has 0 saturated carbocycles. The van der Waals surface area contributed by atoms with Gasteiger partial charge in [0, 0.05) is 29.5 Å². The van der Waals surface area contributed by atoms with Crippen LogP contribution in [0, 0.1) is 18.3 Å². The van der Waals surface area contributed by atoms with Crippen LogP contribution in [-0.4, -0.2) is 19.9 Å². The molecule has 0 aliphatic rings. The Morgan fingerprint density at radius 1 is 0.733 bits per heavy atom. The van der Waals surface area contributed by atoms with Gasteiger partial charge < -0.3 is 0 Å². The Morgan fingerprint density at radius 2 is 1.27 bits per heavy atom. The van der Waals surface area contributed by atoms with Gasteiger partial charge in [0.2, 0.25) is 0 Å². The molecule has 0 unspecified atom stereocenters. The topological polar surface area (TPSA) is 75.3 Å². The summed E-state index contributed by atoms with van der Waals surface area (Å²) < 4.78 is 0. The molecule has 0 saturated heterocycles. The molecule has 3 heterocycles. The van der Waals surface area contributed by atoms with E-state index < -0.39 is 0 Å². The first-order valence-electron chi connectivity index (χ1n) is 10.3. The summed E-state index contributed by atoms with van der Waals surface area (Å²) in [5.74, 6) is 1.47. The van der Waals surface area contributed by atoms with Crippen molar-refractivity contribution in [1.29, 1.82) is 5.26 Å². The fraction of sp³-hybridized carbons (Fsp3) is 0.400. The summed E-state index contributed by atoms with van der Waals surface area (Å²) in [6.45, 7) is 14.7. The number of hydrogen-bond acceptors (Lipinski definition) is 5. The Bertz CT molecular complexity index is 912. The second kappa shape index (κ2) is 13.2. The minimum Gasteiger partial charge on any atom is -0.258 e. The molecule has 3 rings (SSSR count). The molecule has 3 aromatic rings. The molecule has 0 fully saturated rings. The molecule has 0 radical (unpaired) electrons. The number of pyridine rings is 2. The normalized spacial score (nSPS) is 10.0. The minimum absolute atomic E-state index is 0.392. The smallest absolute Gasteiger partial charge is 0.140 e. The summed E-state index contributed by atoms with van der Waals surface area (Å²) in [6.07, 6.45) is 5.24. The molecule has 5 nitrogen and oxygen atoms in total. The van der Waals surface area contributed by atoms with Gasteiger partial charge >= 0.3 is 0 Å². The van der Waals surface area contributed by atoms with Crippen LogP contribution >= 0.6 is 0 Å². The van der Waals surface area contributed by atoms with Gasteiger partial charge in [-0.25, -0.2) is 15.0 Å². The molecule has 0 bridgehead atoms. The largest absolute Gasteiger partial charge is 0.258 e. The van der Waals surface area contributed by atoms with Crippen molar-refractivity contribution in [3.63, 3.8) is 0 Å². The van der Waals surface area contributed by atoms with E-state index in [1.807, 2.05) is 43.6 Å². The first-order valence-corrected chi connectivity index (χ1v) is 10.3. The number of aromatic nitrogens is 4. The molecule has 0 aliphatic heterocycles. The van der Waals surface area contributed by atoms with Crippen LogP contribution in [0.1, 0.15) is 87.6 Å². The Balaban J connectivity index is 0.000000226. The molecule has 0 N–H and O–H groups in total. The predicted molar refractivity (Wildman–Crippen MR) is 122 cm³/mol. The zero-order valence-corrected chi connectivity index (χ0v) is 19.2. The van der Waals surface area contributed by atoms with Crippen molar-refractivity contribution in [2.75, 3.05) is 0 Å². The highest BCUT2D eigenvalue weighted by molar-refractivity contribution is 5.23. The van der Waals surface area contributed by atoms with Crippen molar-refractivity contribution in [1.82, 2.24) is 19.9 Å². The van der Waals surface area contributed by atoms with Gasteiger partial charge in [0.1, 0.15) is 18.1 Å². The zero-order valence-electron chi connectivity index (χ0n) is 19.2. The third-order valence-electron chi connectivity index (χ3n) is 4.23. The van der Waals surface area contributed by atoms with E-state index in [1.165, 1.54) is 11.3 Å². The van der Waals surface area contributed by atoms with Gasteiger partial charge in [-0.05, 0) is 54.5 Å². The van der Waals surface area contributed by atoms with Crippen LogP contribution in [0.4, 0.5) is 0 Å². The lowest BCUT2D eigenvalue weighted by molar-refractivity contribution is 0.815. The first-order chi connectivity index (χ1) is 14.2. The van der Waals surface area contributed by atoms with Crippen LogP contribution in [0.5, 0.6) is 0 Å². The van der Waals surface area contributed by atoms with E-state index >= 15 is 0 Å². The number of nitriles is 1. The van der Waals surface area contributed by atoms with Crippen molar-refractivity contribution in [2.24, 2.45) is 0 Å². The summed E-state index contributed by atoms with van der Waals surface area (Å²) in [5.41, 5.74) is 4.95. The molecule has 0 aromatic carbocycles. The second-order valence-corrected chi connectivity index (χ2v) is 7.90. The Hall–Kier alpha value is -3.13. The molecule has 0 atom stereocenters. The van der Waals surface area contributed by atoms with Crippen molar-refractivity contribution in [3.8, 4) is 6.07 Å².